The minimum atomic E-state index is -0.677. The fraction of sp³-hybridized carbons (Fsp3) is 0.385. The number of nitrogens with zero attached hydrogens (tertiary/aromatic N) is 4. The Hall–Kier alpha value is -2.64. The van der Waals surface area contributed by atoms with Crippen molar-refractivity contribution >= 4 is 17.5 Å². The smallest absolute Gasteiger partial charge is 0.271 e. The van der Waals surface area contributed by atoms with Crippen LogP contribution in [-0.2, 0) is 17.9 Å². The predicted octanol–water partition coefficient (Wildman–Crippen LogP) is 0.454. The summed E-state index contributed by atoms with van der Waals surface area (Å²) >= 11 is 0. The first kappa shape index (κ1) is 14.8. The Kier molecular flexibility index (Phi) is 4.06. The quantitative estimate of drug-likeness (QED) is 0.833. The second kappa shape index (κ2) is 5.78. The fourth-order valence-corrected chi connectivity index (χ4v) is 2.02. The summed E-state index contributed by atoms with van der Waals surface area (Å²) in [5, 5.41) is 10.9. The molecule has 0 saturated carbocycles. The number of anilines is 1. The molecule has 8 heteroatoms. The number of nitrogens with two attached hydrogens (primary N) is 1. The summed E-state index contributed by atoms with van der Waals surface area (Å²) in [6, 6.07) is 1.89. The maximum Gasteiger partial charge on any atom is 0.271 e. The third kappa shape index (κ3) is 3.28. The van der Waals surface area contributed by atoms with Crippen molar-refractivity contribution in [2.75, 3.05) is 5.32 Å². The van der Waals surface area contributed by atoms with Crippen LogP contribution in [-0.4, -0.2) is 31.4 Å². The van der Waals surface area contributed by atoms with Crippen LogP contribution < -0.4 is 11.1 Å². The number of carbonyl (C=O) groups excluding carboxylic acids is 2. The molecule has 0 radical (unpaired) electrons. The summed E-state index contributed by atoms with van der Waals surface area (Å²) in [6.07, 6.45) is 1.58. The van der Waals surface area contributed by atoms with E-state index in [0.29, 0.717) is 12.2 Å². The van der Waals surface area contributed by atoms with Gasteiger partial charge >= 0.3 is 0 Å². The molecule has 0 aliphatic heterocycles. The van der Waals surface area contributed by atoms with E-state index in [9.17, 15) is 9.59 Å². The van der Waals surface area contributed by atoms with Gasteiger partial charge in [0.05, 0.1) is 11.4 Å². The van der Waals surface area contributed by atoms with E-state index in [4.69, 9.17) is 5.73 Å². The highest BCUT2D eigenvalue weighted by Crippen LogP contribution is 2.13. The summed E-state index contributed by atoms with van der Waals surface area (Å²) in [4.78, 5) is 23.4. The number of nitrogens with one attached hydrogen (secondary N) is 1. The number of hydrogen-bond donors (Lipinski definition) is 2. The molecule has 21 heavy (non-hydrogen) atoms. The largest absolute Gasteiger partial charge is 0.364 e. The monoisotopic (exact) mass is 290 g/mol. The molecule has 2 amide bonds. The molecule has 2 heterocycles. The van der Waals surface area contributed by atoms with Gasteiger partial charge in [-0.25, -0.2) is 0 Å². The Bertz CT molecular complexity index is 685. The van der Waals surface area contributed by atoms with Gasteiger partial charge in [-0.1, -0.05) is 0 Å². The Labute approximate surface area is 121 Å². The van der Waals surface area contributed by atoms with Crippen LogP contribution in [0.5, 0.6) is 0 Å². The van der Waals surface area contributed by atoms with Gasteiger partial charge in [0.25, 0.3) is 5.91 Å². The molecular weight excluding hydrogens is 272 g/mol. The van der Waals surface area contributed by atoms with Crippen LogP contribution in [0.1, 0.15) is 28.8 Å². The van der Waals surface area contributed by atoms with E-state index in [2.05, 4.69) is 15.5 Å². The molecule has 2 aromatic heterocycles. The van der Waals surface area contributed by atoms with Crippen molar-refractivity contribution in [2.24, 2.45) is 5.73 Å². The minimum Gasteiger partial charge on any atom is -0.364 e. The van der Waals surface area contributed by atoms with Crippen molar-refractivity contribution in [3.8, 4) is 0 Å². The van der Waals surface area contributed by atoms with E-state index in [-0.39, 0.29) is 18.1 Å². The predicted molar refractivity (Wildman–Crippen MR) is 76.7 cm³/mol. The molecule has 0 saturated heterocycles. The number of carbonyl (C=O) groups is 2. The first-order chi connectivity index (χ1) is 9.90. The van der Waals surface area contributed by atoms with Gasteiger partial charge in [0.2, 0.25) is 5.91 Å². The van der Waals surface area contributed by atoms with Gasteiger partial charge in [-0.05, 0) is 26.8 Å². The molecule has 0 aliphatic carbocycles. The molecule has 0 aliphatic rings. The van der Waals surface area contributed by atoms with E-state index in [0.717, 1.165) is 11.4 Å². The molecule has 0 unspecified atom stereocenters. The van der Waals surface area contributed by atoms with Crippen LogP contribution in [0.15, 0.2) is 12.3 Å². The zero-order valence-electron chi connectivity index (χ0n) is 12.3. The Morgan fingerprint density at radius 3 is 2.57 bits per heavy atom. The van der Waals surface area contributed by atoms with Crippen molar-refractivity contribution in [3.63, 3.8) is 0 Å². The molecule has 0 spiro atoms. The average molecular weight is 290 g/mol. The molecule has 0 aromatic carbocycles. The van der Waals surface area contributed by atoms with Gasteiger partial charge in [0, 0.05) is 18.4 Å². The van der Waals surface area contributed by atoms with Gasteiger partial charge in [0.1, 0.15) is 6.54 Å². The fourth-order valence-electron chi connectivity index (χ4n) is 2.02. The van der Waals surface area contributed by atoms with Crippen molar-refractivity contribution in [1.82, 2.24) is 19.6 Å². The minimum absolute atomic E-state index is 0.0542. The second-order valence-corrected chi connectivity index (χ2v) is 4.74. The average Bonchev–Trinajstić information content (AvgIpc) is 2.93. The number of aromatic nitrogens is 4. The lowest BCUT2D eigenvalue weighted by molar-refractivity contribution is -0.116. The van der Waals surface area contributed by atoms with Crippen molar-refractivity contribution in [1.29, 1.82) is 0 Å². The van der Waals surface area contributed by atoms with Gasteiger partial charge in [-0.15, -0.1) is 0 Å². The van der Waals surface area contributed by atoms with Crippen molar-refractivity contribution in [3.05, 3.63) is 29.3 Å². The summed E-state index contributed by atoms with van der Waals surface area (Å²) < 4.78 is 3.14. The van der Waals surface area contributed by atoms with E-state index < -0.39 is 5.91 Å². The van der Waals surface area contributed by atoms with Crippen LogP contribution in [0.2, 0.25) is 0 Å². The molecule has 0 bridgehead atoms. The second-order valence-electron chi connectivity index (χ2n) is 4.74. The zero-order chi connectivity index (χ0) is 15.6. The standard InChI is InChI=1S/C13H18N6O2/c1-4-18-6-10(12(17-18)13(14)21)15-11(20)7-19-9(3)5-8(2)16-19/h5-6H,4,7H2,1-3H3,(H2,14,21)(H,15,20). The maximum absolute atomic E-state index is 12.1. The summed E-state index contributed by atoms with van der Waals surface area (Å²) in [7, 11) is 0. The zero-order valence-corrected chi connectivity index (χ0v) is 12.3. The third-order valence-electron chi connectivity index (χ3n) is 2.99. The van der Waals surface area contributed by atoms with E-state index in [1.54, 1.807) is 15.6 Å². The van der Waals surface area contributed by atoms with Crippen LogP contribution in [0, 0.1) is 13.8 Å². The Morgan fingerprint density at radius 1 is 1.33 bits per heavy atom. The topological polar surface area (TPSA) is 108 Å². The molecule has 0 atom stereocenters. The number of rotatable bonds is 5. The van der Waals surface area contributed by atoms with E-state index in [1.165, 1.54) is 0 Å². The van der Waals surface area contributed by atoms with Crippen molar-refractivity contribution < 1.29 is 9.59 Å². The van der Waals surface area contributed by atoms with E-state index in [1.807, 2.05) is 26.8 Å². The molecular formula is C13H18N6O2. The van der Waals surface area contributed by atoms with Crippen LogP contribution in [0.4, 0.5) is 5.69 Å². The van der Waals surface area contributed by atoms with Gasteiger partial charge in [-0.3, -0.25) is 19.0 Å². The highest BCUT2D eigenvalue weighted by Gasteiger charge is 2.16. The van der Waals surface area contributed by atoms with Crippen LogP contribution in [0.25, 0.3) is 0 Å². The highest BCUT2D eigenvalue weighted by molar-refractivity contribution is 6.01. The number of aryl methyl sites for hydroxylation is 3. The molecule has 0 fully saturated rings. The van der Waals surface area contributed by atoms with Gasteiger partial charge in [0.15, 0.2) is 5.69 Å². The molecule has 112 valence electrons. The highest BCUT2D eigenvalue weighted by atomic mass is 16.2. The van der Waals surface area contributed by atoms with E-state index >= 15 is 0 Å². The first-order valence-corrected chi connectivity index (χ1v) is 6.59. The van der Waals surface area contributed by atoms with Gasteiger partial charge < -0.3 is 11.1 Å². The van der Waals surface area contributed by atoms with Gasteiger partial charge in [-0.2, -0.15) is 10.2 Å². The Balaban J connectivity index is 2.14. The Morgan fingerprint density at radius 2 is 2.05 bits per heavy atom. The molecule has 3 N–H and O–H groups in total. The first-order valence-electron chi connectivity index (χ1n) is 6.59. The molecule has 2 aromatic rings. The molecule has 2 rings (SSSR count). The lowest BCUT2D eigenvalue weighted by Gasteiger charge is -2.05. The SMILES string of the molecule is CCn1cc(NC(=O)Cn2nc(C)cc2C)c(C(N)=O)n1. The number of hydrogen-bond acceptors (Lipinski definition) is 4. The number of amides is 2. The van der Waals surface area contributed by atoms with Crippen LogP contribution in [0.3, 0.4) is 0 Å². The summed E-state index contributed by atoms with van der Waals surface area (Å²) in [5.41, 5.74) is 7.36. The third-order valence-corrected chi connectivity index (χ3v) is 2.99. The van der Waals surface area contributed by atoms with Crippen LogP contribution >= 0.6 is 0 Å². The lowest BCUT2D eigenvalue weighted by atomic mass is 10.3. The lowest BCUT2D eigenvalue weighted by Crippen LogP contribution is -2.22. The molecule has 8 nitrogen and oxygen atoms in total. The summed E-state index contributed by atoms with van der Waals surface area (Å²) in [5.74, 6) is -0.969. The summed E-state index contributed by atoms with van der Waals surface area (Å²) in [6.45, 7) is 6.25. The normalized spacial score (nSPS) is 10.6. The van der Waals surface area contributed by atoms with Crippen molar-refractivity contribution in [2.45, 2.75) is 33.9 Å². The maximum atomic E-state index is 12.1. The number of primary amides is 1.